The van der Waals surface area contributed by atoms with Crippen molar-refractivity contribution in [3.8, 4) is 57.1 Å². The van der Waals surface area contributed by atoms with Gasteiger partial charge in [-0.3, -0.25) is 33.6 Å². The smallest absolute Gasteiger partial charge is 0.330 e. The maximum atomic E-state index is 16.5. The Morgan fingerprint density at radius 3 is 1.82 bits per heavy atom. The van der Waals surface area contributed by atoms with E-state index in [4.69, 9.17) is 83.7 Å². The predicted molar refractivity (Wildman–Crippen MR) is 429 cm³/mol. The predicted octanol–water partition coefficient (Wildman–Crippen LogP) is -2.92. The summed E-state index contributed by atoms with van der Waals surface area (Å²) in [5.74, 6) is -16.9. The minimum absolute atomic E-state index is 0.0745. The number of nitrogens with two attached hydrogens (primary N) is 3. The molecule has 42 nitrogen and oxygen atoms in total. The minimum Gasteiger partial charge on any atom is -0.508 e. The Morgan fingerprint density at radius 1 is 0.637 bits per heavy atom. The summed E-state index contributed by atoms with van der Waals surface area (Å²) in [5.41, 5.74) is 13.3. The van der Waals surface area contributed by atoms with Crippen molar-refractivity contribution in [2.75, 3.05) is 20.3 Å². The average Bonchev–Trinajstić information content (AvgIpc) is 0.762. The third kappa shape index (κ3) is 19.8. The van der Waals surface area contributed by atoms with Crippen LogP contribution in [0.1, 0.15) is 125 Å². The molecule has 9 aliphatic heterocycles. The fourth-order valence-corrected chi connectivity index (χ4v) is 16.3. The standard InChI is InChI=1S/C80H100ClN11O31S/c1-28(2)16-41(92(7)78(124)91-75-63(104)61(102)59(100)47(26-93)119-75)70(108)89-56-58(99)33-11-15-44(39(81)18-33)118-46-20-34-19-45(65(46)123-77-66(62(103)60(101)48(27-94)120-77)122-51-25-80(6,84)68(106)30(4)116-51)117-36-12-8-31(9-13-36)64(121-50-24-79(5,83)67(105)29(3)115-50)57-74(112)88-55(76(113)114)38-21-35(95)22-43(97)52(38)37-17-32(10-14-42(37)96)53(71(109)90-57)87-72(110)54(34)86-69(107)40(23-49(82)98)85-73(56)111/h8-15,17-22,28-30,40-41,47-48,50-51,53-64,66-68,75,77,93-97,99-106H,16,23-27,83-84H2,1-7H3,(H2,82,98)(H,85,111)(H,86,107)(H,87,110)(H,88,112)(H,89,108)(H,90,109)(H,91,124)(H,113,114)/t29-,30-,40-,41+,47+,48+,50-,51-,53+,54+,55-,56+,57-,58+,59+,60+,61-,62-,63+,64+,66+,67-,68-,75-,77-,79-,80-/m0/s1. The molecule has 27 atom stereocenters. The number of fused-ring (bicyclic) bond motifs is 15. The lowest BCUT2D eigenvalue weighted by Crippen LogP contribution is -2.65. The number of carboxylic acids is 1. The maximum absolute atomic E-state index is 16.5. The number of phenols is 3. The van der Waals surface area contributed by atoms with Crippen molar-refractivity contribution in [2.45, 2.75) is 231 Å². The van der Waals surface area contributed by atoms with E-state index in [0.717, 1.165) is 65.6 Å². The molecule has 4 saturated heterocycles. The van der Waals surface area contributed by atoms with Gasteiger partial charge in [0.25, 0.3) is 0 Å². The highest BCUT2D eigenvalue weighted by Crippen LogP contribution is 2.50. The fourth-order valence-electron chi connectivity index (χ4n) is 15.9. The fraction of sp³-hybridized carbons (Fsp3) is 0.512. The van der Waals surface area contributed by atoms with Crippen molar-refractivity contribution in [2.24, 2.45) is 23.1 Å². The van der Waals surface area contributed by atoms with E-state index < -0.39 is 310 Å². The van der Waals surface area contributed by atoms with Crippen LogP contribution in [0, 0.1) is 5.92 Å². The van der Waals surface area contributed by atoms with Crippen LogP contribution in [-0.4, -0.2) is 283 Å². The van der Waals surface area contributed by atoms with Gasteiger partial charge in [-0.25, -0.2) is 4.79 Å². The SMILES string of the molecule is CC(C)C[C@H](C(=O)N[C@H]1C(=O)N[C@@H](CC(N)=O)C(=O)N[C@H]2C(=O)N[C@H]3C(=O)N[C@H](C(=O)N[C@H](C(=O)O)c4cc(O)cc(O)c4-c4cc3ccc4O)[C@H](O[C@H]3C[C@](C)(N)[C@@H](O)[C@H](C)O3)c3ccc(cc3)Oc3cc2cc(c3O[C@@H]2O[C@H](CO)[C@@H](O)[C@H](O)[C@H]2O[C@H]2C[C@](C)(N)[C@@H](O)[C@H](C)O2)Oc2ccc(cc2Cl)[C@H]1O)N(C)C(=S)N[C@H]1O[C@H](CO)[C@@H](O)[C@H](O)[C@H]1O. The molecule has 0 aromatic heterocycles. The van der Waals surface area contributed by atoms with Crippen molar-refractivity contribution >= 4 is 76.3 Å². The molecule has 0 radical (unpaired) electrons. The van der Waals surface area contributed by atoms with E-state index in [9.17, 15) is 81.1 Å². The zero-order valence-corrected chi connectivity index (χ0v) is 69.1. The molecular formula is C80H100ClN11O31S. The van der Waals surface area contributed by atoms with Crippen LogP contribution in [0.4, 0.5) is 0 Å². The summed E-state index contributed by atoms with van der Waals surface area (Å²) in [5, 5.41) is 174. The average molecular weight is 1780 g/mol. The number of primary amides is 1. The number of carbonyl (C=O) groups excluding carboxylic acids is 7. The lowest BCUT2D eigenvalue weighted by atomic mass is 9.86. The monoisotopic (exact) mass is 1780 g/mol. The van der Waals surface area contributed by atoms with Crippen molar-refractivity contribution in [1.82, 2.24) is 42.1 Å². The highest BCUT2D eigenvalue weighted by atomic mass is 35.5. The van der Waals surface area contributed by atoms with Crippen LogP contribution in [0.15, 0.2) is 84.9 Å². The second-order valence-corrected chi connectivity index (χ2v) is 33.4. The molecule has 11 bridgehead atoms. The zero-order valence-electron chi connectivity index (χ0n) is 67.5. The summed E-state index contributed by atoms with van der Waals surface area (Å²) in [7, 11) is 1.31. The van der Waals surface area contributed by atoms with Gasteiger partial charge in [-0.15, -0.1) is 0 Å². The van der Waals surface area contributed by atoms with Gasteiger partial charge in [-0.2, -0.15) is 0 Å². The number of carboxylic acid groups (broad SMARTS) is 1. The topological polar surface area (TPSA) is 668 Å². The molecule has 4 fully saturated rings. The lowest BCUT2D eigenvalue weighted by Gasteiger charge is -2.47. The van der Waals surface area contributed by atoms with Gasteiger partial charge < -0.3 is 173 Å². The molecule has 14 rings (SSSR count). The van der Waals surface area contributed by atoms with E-state index in [2.05, 4.69) is 37.2 Å². The molecule has 7 amide bonds. The molecule has 0 saturated carbocycles. The highest BCUT2D eigenvalue weighted by Gasteiger charge is 2.53. The van der Waals surface area contributed by atoms with E-state index in [-0.39, 0.29) is 41.3 Å². The number of phenolic OH excluding ortho intramolecular Hbond substituents is 3. The van der Waals surface area contributed by atoms with Gasteiger partial charge in [0.2, 0.25) is 53.4 Å². The first-order valence-electron chi connectivity index (χ1n) is 39.4. The number of rotatable bonds is 17. The van der Waals surface area contributed by atoms with Crippen molar-refractivity contribution in [1.29, 1.82) is 0 Å². The van der Waals surface area contributed by atoms with Gasteiger partial charge in [0.1, 0.15) is 120 Å². The highest BCUT2D eigenvalue weighted by molar-refractivity contribution is 7.80. The molecule has 9 heterocycles. The van der Waals surface area contributed by atoms with Gasteiger partial charge >= 0.3 is 5.97 Å². The summed E-state index contributed by atoms with van der Waals surface area (Å²) in [6.07, 6.45) is -32.1. The number of carbonyl (C=O) groups is 8. The summed E-state index contributed by atoms with van der Waals surface area (Å²) in [4.78, 5) is 123. The lowest BCUT2D eigenvalue weighted by molar-refractivity contribution is -0.333. The van der Waals surface area contributed by atoms with Crippen molar-refractivity contribution in [3.05, 3.63) is 118 Å². The van der Waals surface area contributed by atoms with Crippen LogP contribution in [-0.2, 0) is 66.8 Å². The quantitative estimate of drug-likeness (QED) is 0.0415. The first-order valence-corrected chi connectivity index (χ1v) is 40.2. The molecule has 674 valence electrons. The van der Waals surface area contributed by atoms with Crippen LogP contribution in [0.5, 0.6) is 46.0 Å². The number of aliphatic hydroxyl groups excluding tert-OH is 10. The van der Waals surface area contributed by atoms with Crippen LogP contribution < -0.4 is 68.6 Å². The Bertz CT molecular complexity index is 4860. The first kappa shape index (κ1) is 93.1. The van der Waals surface area contributed by atoms with E-state index in [1.807, 2.05) is 0 Å². The van der Waals surface area contributed by atoms with Gasteiger partial charge in [0.05, 0.1) is 49.1 Å². The third-order valence-corrected chi connectivity index (χ3v) is 23.3. The Hall–Kier alpha value is -10.1. The van der Waals surface area contributed by atoms with Gasteiger partial charge in [0, 0.05) is 53.7 Å². The van der Waals surface area contributed by atoms with Crippen LogP contribution in [0.25, 0.3) is 11.1 Å². The van der Waals surface area contributed by atoms with Gasteiger partial charge in [-0.05, 0) is 129 Å². The second-order valence-electron chi connectivity index (χ2n) is 32.6. The Morgan fingerprint density at radius 2 is 1.22 bits per heavy atom. The number of aliphatic hydroxyl groups is 10. The Balaban J connectivity index is 1.07. The number of hydrogen-bond acceptors (Lipinski definition) is 33. The number of halogens is 1. The summed E-state index contributed by atoms with van der Waals surface area (Å²) in [6, 6.07) is -0.129. The van der Waals surface area contributed by atoms with Crippen LogP contribution in [0.2, 0.25) is 5.02 Å². The second kappa shape index (κ2) is 37.6. The molecule has 27 N–H and O–H groups in total. The zero-order chi connectivity index (χ0) is 90.5. The molecule has 5 aromatic rings. The van der Waals surface area contributed by atoms with E-state index >= 15 is 28.8 Å². The number of nitrogens with zero attached hydrogens (tertiary/aromatic N) is 1. The number of hydrogen-bond donors (Lipinski definition) is 24. The molecule has 124 heavy (non-hydrogen) atoms. The number of ether oxygens (including phenoxy) is 9. The molecule has 9 aliphatic rings. The number of thiocarbonyl (C=S) groups is 1. The van der Waals surface area contributed by atoms with Gasteiger partial charge in [0.15, 0.2) is 47.6 Å². The molecule has 0 spiro atoms. The molecule has 44 heteroatoms. The Labute approximate surface area is 717 Å². The number of aromatic hydroxyl groups is 3. The molecular weight excluding hydrogens is 1680 g/mol. The van der Waals surface area contributed by atoms with E-state index in [0.29, 0.717) is 0 Å². The number of nitrogens with one attached hydrogen (secondary N) is 7. The van der Waals surface area contributed by atoms with Crippen LogP contribution >= 0.6 is 23.8 Å². The molecule has 5 aromatic carbocycles. The Kier molecular flexibility index (Phi) is 28.2. The number of benzene rings is 5. The van der Waals surface area contributed by atoms with E-state index in [1.54, 1.807) is 13.8 Å². The largest absolute Gasteiger partial charge is 0.508 e. The summed E-state index contributed by atoms with van der Waals surface area (Å²) >= 11 is 12.9. The minimum atomic E-state index is -2.44. The number of likely N-dealkylation sites (N-methyl/N-ethyl adjacent to an activating group) is 1. The summed E-state index contributed by atoms with van der Waals surface area (Å²) in [6.45, 7) is 7.48. The van der Waals surface area contributed by atoms with Crippen molar-refractivity contribution < 1.29 is 152 Å². The first-order chi connectivity index (χ1) is 58.4. The number of amides is 7. The van der Waals surface area contributed by atoms with Gasteiger partial charge in [-0.1, -0.05) is 49.7 Å². The number of aliphatic carboxylic acids is 1. The van der Waals surface area contributed by atoms with Crippen LogP contribution in [0.3, 0.4) is 0 Å². The summed E-state index contributed by atoms with van der Waals surface area (Å²) < 4.78 is 57.5. The molecule has 0 aliphatic carbocycles. The van der Waals surface area contributed by atoms with Crippen molar-refractivity contribution in [3.63, 3.8) is 0 Å². The van der Waals surface area contributed by atoms with E-state index in [1.165, 1.54) is 59.0 Å². The molecule has 0 unspecified atom stereocenters. The normalized spacial score (nSPS) is 33.6. The maximum Gasteiger partial charge on any atom is 0.330 e. The third-order valence-electron chi connectivity index (χ3n) is 22.6.